The van der Waals surface area contributed by atoms with Crippen molar-refractivity contribution >= 4 is 34.2 Å². The first kappa shape index (κ1) is 24.4. The molecule has 39 heavy (non-hydrogen) atoms. The van der Waals surface area contributed by atoms with Crippen molar-refractivity contribution < 1.29 is 9.59 Å². The Bertz CT molecular complexity index is 1730. The molecule has 3 heterocycles. The molecule has 1 aliphatic rings. The molecule has 0 radical (unpaired) electrons. The minimum atomic E-state index is -0.371. The van der Waals surface area contributed by atoms with E-state index in [0.717, 1.165) is 38.8 Å². The van der Waals surface area contributed by atoms with Crippen LogP contribution in [-0.2, 0) is 12.0 Å². The second-order valence-electron chi connectivity index (χ2n) is 10.7. The first-order valence-electron chi connectivity index (χ1n) is 12.8. The summed E-state index contributed by atoms with van der Waals surface area (Å²) in [5.41, 5.74) is 5.84. The lowest BCUT2D eigenvalue weighted by Crippen LogP contribution is -2.21. The molecular formula is C31H28N6O2. The lowest BCUT2D eigenvalue weighted by Gasteiger charge is -2.14. The van der Waals surface area contributed by atoms with Gasteiger partial charge in [-0.3, -0.25) is 15.1 Å². The highest BCUT2D eigenvalue weighted by Gasteiger charge is 2.23. The van der Waals surface area contributed by atoms with Crippen LogP contribution in [0.1, 0.15) is 42.4 Å². The molecule has 1 aliphatic heterocycles. The molecule has 0 saturated heterocycles. The molecule has 0 aliphatic carbocycles. The summed E-state index contributed by atoms with van der Waals surface area (Å²) in [6.45, 7) is 6.78. The normalized spacial score (nSPS) is 12.7. The van der Waals surface area contributed by atoms with Gasteiger partial charge in [0.05, 0.1) is 11.4 Å². The summed E-state index contributed by atoms with van der Waals surface area (Å²) < 4.78 is 1.76. The number of nitrogens with zero attached hydrogens (tertiary/aromatic N) is 3. The third-order valence-corrected chi connectivity index (χ3v) is 6.89. The Labute approximate surface area is 226 Å². The van der Waals surface area contributed by atoms with E-state index in [1.807, 2.05) is 79.0 Å². The Morgan fingerprint density at radius 2 is 1.72 bits per heavy atom. The number of anilines is 2. The summed E-state index contributed by atoms with van der Waals surface area (Å²) in [5, 5.41) is 15.7. The molecule has 2 aromatic heterocycles. The molecule has 194 valence electrons. The highest BCUT2D eigenvalue weighted by Crippen LogP contribution is 2.31. The maximum Gasteiger partial charge on any atom is 0.324 e. The average molecular weight is 517 g/mol. The maximum absolute atomic E-state index is 13.1. The molecule has 0 atom stereocenters. The number of hydrogen-bond donors (Lipinski definition) is 3. The van der Waals surface area contributed by atoms with Gasteiger partial charge in [-0.05, 0) is 58.5 Å². The second kappa shape index (κ2) is 9.40. The van der Waals surface area contributed by atoms with Gasteiger partial charge in [-0.15, -0.1) is 0 Å². The molecule has 0 saturated carbocycles. The van der Waals surface area contributed by atoms with E-state index >= 15 is 0 Å². The van der Waals surface area contributed by atoms with Crippen molar-refractivity contribution in [1.82, 2.24) is 20.1 Å². The molecule has 3 N–H and O–H groups in total. The van der Waals surface area contributed by atoms with Gasteiger partial charge in [0, 0.05) is 47.1 Å². The molecule has 3 aromatic carbocycles. The number of rotatable bonds is 4. The van der Waals surface area contributed by atoms with Crippen LogP contribution in [-0.4, -0.2) is 26.7 Å². The number of hydrogen-bond acceptors (Lipinski definition) is 4. The summed E-state index contributed by atoms with van der Waals surface area (Å²) >= 11 is 0. The van der Waals surface area contributed by atoms with Gasteiger partial charge in [-0.2, -0.15) is 5.10 Å². The zero-order chi connectivity index (χ0) is 27.1. The number of nitrogens with one attached hydrogen (secondary N) is 3. The molecule has 5 aromatic rings. The smallest absolute Gasteiger partial charge is 0.324 e. The van der Waals surface area contributed by atoms with Gasteiger partial charge in [0.1, 0.15) is 5.82 Å². The summed E-state index contributed by atoms with van der Waals surface area (Å²) in [6, 6.07) is 22.8. The van der Waals surface area contributed by atoms with Crippen molar-refractivity contribution in [2.45, 2.75) is 32.7 Å². The number of carbonyl (C=O) groups is 2. The fraction of sp³-hybridized carbons (Fsp3) is 0.161. The van der Waals surface area contributed by atoms with Crippen LogP contribution >= 0.6 is 0 Å². The van der Waals surface area contributed by atoms with E-state index < -0.39 is 0 Å². The highest BCUT2D eigenvalue weighted by atomic mass is 16.2. The number of amides is 3. The average Bonchev–Trinajstić information content (AvgIpc) is 3.53. The maximum atomic E-state index is 13.1. The second-order valence-corrected chi connectivity index (χ2v) is 10.7. The van der Waals surface area contributed by atoms with E-state index in [2.05, 4.69) is 41.7 Å². The summed E-state index contributed by atoms with van der Waals surface area (Å²) in [5.74, 6) is 0.524. The summed E-state index contributed by atoms with van der Waals surface area (Å²) in [6.07, 6.45) is 3.58. The van der Waals surface area contributed by atoms with Gasteiger partial charge >= 0.3 is 6.03 Å². The number of pyridine rings is 1. The molecule has 8 heteroatoms. The van der Waals surface area contributed by atoms with E-state index in [0.29, 0.717) is 23.6 Å². The fourth-order valence-corrected chi connectivity index (χ4v) is 4.77. The lowest BCUT2D eigenvalue weighted by molar-refractivity contribution is 0.0965. The van der Waals surface area contributed by atoms with Crippen molar-refractivity contribution in [2.24, 2.45) is 0 Å². The molecule has 0 bridgehead atoms. The van der Waals surface area contributed by atoms with Crippen LogP contribution in [0.3, 0.4) is 0 Å². The van der Waals surface area contributed by atoms with Crippen LogP contribution in [0.5, 0.6) is 0 Å². The van der Waals surface area contributed by atoms with Crippen LogP contribution in [0.2, 0.25) is 0 Å². The van der Waals surface area contributed by atoms with Crippen LogP contribution in [0.15, 0.2) is 85.2 Å². The monoisotopic (exact) mass is 516 g/mol. The number of benzene rings is 3. The lowest BCUT2D eigenvalue weighted by atomic mass is 9.92. The topological polar surface area (TPSA) is 101 Å². The van der Waals surface area contributed by atoms with Gasteiger partial charge in [0.15, 0.2) is 0 Å². The zero-order valence-electron chi connectivity index (χ0n) is 21.9. The summed E-state index contributed by atoms with van der Waals surface area (Å²) in [7, 11) is 0. The molecule has 8 nitrogen and oxygen atoms in total. The Kier molecular flexibility index (Phi) is 5.87. The third kappa shape index (κ3) is 4.72. The quantitative estimate of drug-likeness (QED) is 0.262. The first-order chi connectivity index (χ1) is 18.8. The van der Waals surface area contributed by atoms with Crippen molar-refractivity contribution in [2.75, 3.05) is 10.6 Å². The van der Waals surface area contributed by atoms with E-state index in [4.69, 9.17) is 5.10 Å². The number of urea groups is 1. The first-order valence-corrected chi connectivity index (χ1v) is 12.8. The number of carbonyl (C=O) groups excluding carboxylic acids is 2. The van der Waals surface area contributed by atoms with Crippen molar-refractivity contribution in [3.8, 4) is 16.8 Å². The van der Waals surface area contributed by atoms with Gasteiger partial charge in [-0.25, -0.2) is 9.48 Å². The highest BCUT2D eigenvalue weighted by molar-refractivity contribution is 6.01. The SMILES string of the molecule is CC(C)(C)c1cc(NC(=O)Nc2ccc(-c3cccc4c3CNC4=O)cc2)n(-c2ccc3cnccc3c2)n1. The van der Waals surface area contributed by atoms with Crippen LogP contribution < -0.4 is 16.0 Å². The van der Waals surface area contributed by atoms with Crippen molar-refractivity contribution in [3.05, 3.63) is 102 Å². The minimum Gasteiger partial charge on any atom is -0.348 e. The van der Waals surface area contributed by atoms with Gasteiger partial charge in [-0.1, -0.05) is 51.1 Å². The largest absolute Gasteiger partial charge is 0.348 e. The van der Waals surface area contributed by atoms with Gasteiger partial charge < -0.3 is 10.6 Å². The Morgan fingerprint density at radius 3 is 2.51 bits per heavy atom. The third-order valence-electron chi connectivity index (χ3n) is 6.89. The van der Waals surface area contributed by atoms with E-state index in [-0.39, 0.29) is 17.4 Å². The van der Waals surface area contributed by atoms with E-state index in [1.165, 1.54) is 0 Å². The Hall–Kier alpha value is -4.98. The van der Waals surface area contributed by atoms with Crippen molar-refractivity contribution in [3.63, 3.8) is 0 Å². The number of aromatic nitrogens is 3. The summed E-state index contributed by atoms with van der Waals surface area (Å²) in [4.78, 5) is 29.3. The standard InChI is InChI=1S/C31H28N6O2/c1-31(2,3)27-16-28(37(36-27)23-12-9-21-17-32-14-13-20(21)15-23)35-30(39)34-22-10-7-19(8-11-22)24-5-4-6-25-26(24)18-33-29(25)38/h4-17H,18H2,1-3H3,(H,33,38)(H2,34,35,39). The Balaban J connectivity index is 1.24. The Morgan fingerprint density at radius 1 is 0.923 bits per heavy atom. The number of fused-ring (bicyclic) bond motifs is 2. The predicted octanol–water partition coefficient (Wildman–Crippen LogP) is 6.27. The molecule has 3 amide bonds. The van der Waals surface area contributed by atoms with E-state index in [1.54, 1.807) is 10.9 Å². The predicted molar refractivity (Wildman–Crippen MR) is 153 cm³/mol. The minimum absolute atomic E-state index is 0.0450. The van der Waals surface area contributed by atoms with Crippen LogP contribution in [0.4, 0.5) is 16.3 Å². The van der Waals surface area contributed by atoms with Crippen LogP contribution in [0, 0.1) is 0 Å². The fourth-order valence-electron chi connectivity index (χ4n) is 4.77. The molecule has 0 spiro atoms. The zero-order valence-corrected chi connectivity index (χ0v) is 21.9. The van der Waals surface area contributed by atoms with Crippen LogP contribution in [0.25, 0.3) is 27.6 Å². The van der Waals surface area contributed by atoms with Gasteiger partial charge in [0.2, 0.25) is 0 Å². The molecular weight excluding hydrogens is 488 g/mol. The molecule has 6 rings (SSSR count). The van der Waals surface area contributed by atoms with Crippen molar-refractivity contribution in [1.29, 1.82) is 0 Å². The molecule has 0 fully saturated rings. The van der Waals surface area contributed by atoms with E-state index in [9.17, 15) is 9.59 Å². The van der Waals surface area contributed by atoms with Gasteiger partial charge in [0.25, 0.3) is 5.91 Å². The molecule has 0 unspecified atom stereocenters.